The van der Waals surface area contributed by atoms with Gasteiger partial charge in [-0.3, -0.25) is 9.69 Å². The number of halogens is 2. The number of amides is 1. The molecule has 0 fully saturated rings. The van der Waals surface area contributed by atoms with Gasteiger partial charge in [0.05, 0.1) is 18.2 Å². The zero-order chi connectivity index (χ0) is 16.2. The first-order valence-electron chi connectivity index (χ1n) is 6.74. The smallest absolute Gasteiger partial charge is 0.234 e. The van der Waals surface area contributed by atoms with Gasteiger partial charge in [0.25, 0.3) is 0 Å². The molecule has 118 valence electrons. The van der Waals surface area contributed by atoms with E-state index in [4.69, 9.17) is 23.2 Å². The fourth-order valence-corrected chi connectivity index (χ4v) is 2.75. The lowest BCUT2D eigenvalue weighted by molar-refractivity contribution is -0.123. The highest BCUT2D eigenvalue weighted by Gasteiger charge is 2.19. The zero-order valence-electron chi connectivity index (χ0n) is 12.8. The van der Waals surface area contributed by atoms with Crippen LogP contribution in [0.4, 0.5) is 0 Å². The monoisotopic (exact) mass is 332 g/mol. The molecule has 2 N–H and O–H groups in total. The third-order valence-electron chi connectivity index (χ3n) is 2.88. The number of carbonyl (C=O) groups is 1. The van der Waals surface area contributed by atoms with Crippen LogP contribution in [-0.4, -0.2) is 41.7 Å². The largest absolute Gasteiger partial charge is 0.389 e. The van der Waals surface area contributed by atoms with E-state index in [2.05, 4.69) is 5.32 Å². The average molecular weight is 333 g/mol. The van der Waals surface area contributed by atoms with Gasteiger partial charge in [-0.2, -0.15) is 0 Å². The van der Waals surface area contributed by atoms with Crippen molar-refractivity contribution in [3.05, 3.63) is 33.8 Å². The number of carbonyl (C=O) groups excluding carboxylic acids is 1. The Labute approximate surface area is 136 Å². The Hall–Kier alpha value is -0.810. The lowest BCUT2D eigenvalue weighted by Gasteiger charge is -2.25. The molecule has 0 heterocycles. The predicted molar refractivity (Wildman–Crippen MR) is 86.8 cm³/mol. The Bertz CT molecular complexity index is 501. The van der Waals surface area contributed by atoms with Gasteiger partial charge in [-0.1, -0.05) is 29.3 Å². The van der Waals surface area contributed by atoms with Crippen molar-refractivity contribution in [2.24, 2.45) is 0 Å². The molecule has 1 aromatic rings. The first-order chi connectivity index (χ1) is 9.58. The van der Waals surface area contributed by atoms with E-state index in [1.165, 1.54) is 0 Å². The molecule has 1 unspecified atom stereocenters. The first-order valence-corrected chi connectivity index (χ1v) is 7.49. The molecule has 0 aromatic heterocycles. The van der Waals surface area contributed by atoms with Crippen molar-refractivity contribution < 1.29 is 9.90 Å². The number of nitrogens with zero attached hydrogens (tertiary/aromatic N) is 1. The van der Waals surface area contributed by atoms with E-state index in [1.54, 1.807) is 44.0 Å². The summed E-state index contributed by atoms with van der Waals surface area (Å²) in [5.41, 5.74) is -0.0142. The Morgan fingerprint density at radius 2 is 2.05 bits per heavy atom. The fraction of sp³-hybridized carbons (Fsp3) is 0.533. The van der Waals surface area contributed by atoms with Crippen LogP contribution in [0, 0.1) is 0 Å². The first kappa shape index (κ1) is 18.2. The third-order valence-corrected chi connectivity index (χ3v) is 3.44. The summed E-state index contributed by atoms with van der Waals surface area (Å²) in [6.45, 7) is 5.90. The average Bonchev–Trinajstić information content (AvgIpc) is 2.24. The Morgan fingerprint density at radius 3 is 2.57 bits per heavy atom. The molecule has 4 nitrogen and oxygen atoms in total. The van der Waals surface area contributed by atoms with Crippen LogP contribution in [0.15, 0.2) is 18.2 Å². The molecule has 0 bridgehead atoms. The lowest BCUT2D eigenvalue weighted by Crippen LogP contribution is -2.42. The van der Waals surface area contributed by atoms with E-state index in [0.29, 0.717) is 16.6 Å². The van der Waals surface area contributed by atoms with Gasteiger partial charge in [-0.25, -0.2) is 0 Å². The van der Waals surface area contributed by atoms with E-state index in [-0.39, 0.29) is 18.5 Å². The second kappa shape index (κ2) is 7.45. The van der Waals surface area contributed by atoms with Gasteiger partial charge in [0.15, 0.2) is 0 Å². The Balaban J connectivity index is 2.58. The summed E-state index contributed by atoms with van der Waals surface area (Å²) < 4.78 is 0. The van der Waals surface area contributed by atoms with Crippen molar-refractivity contribution >= 4 is 29.1 Å². The molecule has 0 aliphatic carbocycles. The second-order valence-corrected chi connectivity index (χ2v) is 6.78. The number of benzene rings is 1. The minimum absolute atomic E-state index is 0.125. The van der Waals surface area contributed by atoms with Crippen molar-refractivity contribution in [2.75, 3.05) is 20.1 Å². The highest BCUT2D eigenvalue weighted by Crippen LogP contribution is 2.25. The number of hydrogen-bond donors (Lipinski definition) is 2. The Kier molecular flexibility index (Phi) is 6.47. The molecular weight excluding hydrogens is 311 g/mol. The van der Waals surface area contributed by atoms with Gasteiger partial charge in [-0.05, 0) is 45.5 Å². The van der Waals surface area contributed by atoms with Gasteiger partial charge in [-0.15, -0.1) is 0 Å². The molecule has 1 aromatic carbocycles. The fourth-order valence-electron chi connectivity index (χ4n) is 2.18. The van der Waals surface area contributed by atoms with Crippen LogP contribution < -0.4 is 5.32 Å². The number of rotatable bonds is 6. The van der Waals surface area contributed by atoms with E-state index in [0.717, 1.165) is 5.56 Å². The zero-order valence-corrected chi connectivity index (χ0v) is 14.3. The van der Waals surface area contributed by atoms with Crippen LogP contribution in [0.3, 0.4) is 0 Å². The van der Waals surface area contributed by atoms with Crippen molar-refractivity contribution in [1.82, 2.24) is 10.2 Å². The summed E-state index contributed by atoms with van der Waals surface area (Å²) in [5, 5.41) is 13.7. The maximum atomic E-state index is 12.0. The van der Waals surface area contributed by atoms with E-state index in [1.807, 2.05) is 6.92 Å². The lowest BCUT2D eigenvalue weighted by atomic mass is 10.1. The molecule has 1 atom stereocenters. The molecule has 0 saturated heterocycles. The number of hydrogen-bond acceptors (Lipinski definition) is 3. The van der Waals surface area contributed by atoms with E-state index >= 15 is 0 Å². The molecule has 6 heteroatoms. The van der Waals surface area contributed by atoms with E-state index < -0.39 is 5.60 Å². The summed E-state index contributed by atoms with van der Waals surface area (Å²) in [4.78, 5) is 13.8. The Morgan fingerprint density at radius 1 is 1.43 bits per heavy atom. The molecule has 0 aliphatic rings. The van der Waals surface area contributed by atoms with Crippen molar-refractivity contribution in [3.8, 4) is 0 Å². The molecular formula is C15H22Cl2N2O2. The van der Waals surface area contributed by atoms with Gasteiger partial charge in [0.2, 0.25) is 5.91 Å². The maximum absolute atomic E-state index is 12.0. The molecule has 1 rings (SSSR count). The summed E-state index contributed by atoms with van der Waals surface area (Å²) in [7, 11) is 1.79. The van der Waals surface area contributed by atoms with Crippen LogP contribution in [-0.2, 0) is 4.79 Å². The SMILES string of the molecule is CC(NC(=O)CN(C)CC(C)(C)O)c1ccc(Cl)cc1Cl. The molecule has 0 radical (unpaired) electrons. The molecule has 0 aliphatic heterocycles. The highest BCUT2D eigenvalue weighted by molar-refractivity contribution is 6.35. The number of aliphatic hydroxyl groups is 1. The van der Waals surface area contributed by atoms with Crippen molar-refractivity contribution in [3.63, 3.8) is 0 Å². The summed E-state index contributed by atoms with van der Waals surface area (Å²) in [6, 6.07) is 4.99. The minimum Gasteiger partial charge on any atom is -0.389 e. The number of nitrogens with one attached hydrogen (secondary N) is 1. The topological polar surface area (TPSA) is 52.6 Å². The summed E-state index contributed by atoms with van der Waals surface area (Å²) in [6.07, 6.45) is 0. The molecule has 0 saturated carbocycles. The predicted octanol–water partition coefficient (Wildman–Crippen LogP) is 2.87. The summed E-state index contributed by atoms with van der Waals surface area (Å²) in [5.74, 6) is -0.125. The quantitative estimate of drug-likeness (QED) is 0.842. The van der Waals surface area contributed by atoms with Gasteiger partial charge >= 0.3 is 0 Å². The normalized spacial score (nSPS) is 13.3. The highest BCUT2D eigenvalue weighted by atomic mass is 35.5. The molecule has 1 amide bonds. The second-order valence-electron chi connectivity index (χ2n) is 5.94. The molecule has 0 spiro atoms. The van der Waals surface area contributed by atoms with Crippen LogP contribution in [0.1, 0.15) is 32.4 Å². The van der Waals surface area contributed by atoms with Gasteiger partial charge in [0.1, 0.15) is 0 Å². The third kappa shape index (κ3) is 6.66. The van der Waals surface area contributed by atoms with Crippen LogP contribution in [0.2, 0.25) is 10.0 Å². The van der Waals surface area contributed by atoms with Crippen molar-refractivity contribution in [1.29, 1.82) is 0 Å². The molecule has 21 heavy (non-hydrogen) atoms. The van der Waals surface area contributed by atoms with Gasteiger partial charge in [0, 0.05) is 16.6 Å². The number of likely N-dealkylation sites (N-methyl/N-ethyl adjacent to an activating group) is 1. The van der Waals surface area contributed by atoms with Crippen LogP contribution >= 0.6 is 23.2 Å². The van der Waals surface area contributed by atoms with Gasteiger partial charge < -0.3 is 10.4 Å². The summed E-state index contributed by atoms with van der Waals surface area (Å²) >= 11 is 12.0. The minimum atomic E-state index is -0.833. The standard InChI is InChI=1S/C15H22Cl2N2O2/c1-10(12-6-5-11(16)7-13(12)17)18-14(20)8-19(4)9-15(2,3)21/h5-7,10,21H,8-9H2,1-4H3,(H,18,20). The van der Waals surface area contributed by atoms with Crippen LogP contribution in [0.5, 0.6) is 0 Å². The maximum Gasteiger partial charge on any atom is 0.234 e. The van der Waals surface area contributed by atoms with E-state index in [9.17, 15) is 9.90 Å². The van der Waals surface area contributed by atoms with Crippen LogP contribution in [0.25, 0.3) is 0 Å². The van der Waals surface area contributed by atoms with Crippen molar-refractivity contribution in [2.45, 2.75) is 32.4 Å².